The minimum absolute atomic E-state index is 0.110. The lowest BCUT2D eigenvalue weighted by Gasteiger charge is -2.30. The second-order valence-corrected chi connectivity index (χ2v) is 6.52. The zero-order valence-electron chi connectivity index (χ0n) is 11.3. The molecule has 1 aliphatic carbocycles. The molecule has 0 bridgehead atoms. The van der Waals surface area contributed by atoms with E-state index < -0.39 is 0 Å². The van der Waals surface area contributed by atoms with Crippen LogP contribution in [0.1, 0.15) is 18.4 Å². The molecule has 1 heterocycles. The number of hydrogen-bond acceptors (Lipinski definition) is 3. The third-order valence-electron chi connectivity index (χ3n) is 3.79. The van der Waals surface area contributed by atoms with Gasteiger partial charge in [-0.2, -0.15) is 11.8 Å². The Morgan fingerprint density at radius 1 is 1.40 bits per heavy atom. The van der Waals surface area contributed by atoms with E-state index in [4.69, 9.17) is 0 Å². The van der Waals surface area contributed by atoms with Crippen LogP contribution in [0.4, 0.5) is 4.39 Å². The van der Waals surface area contributed by atoms with Crippen molar-refractivity contribution >= 4 is 17.7 Å². The number of carbonyl (C=O) groups excluding carboxylic acids is 1. The molecule has 1 unspecified atom stereocenters. The van der Waals surface area contributed by atoms with Gasteiger partial charge in [-0.3, -0.25) is 4.79 Å². The Kier molecular flexibility index (Phi) is 4.27. The fraction of sp³-hybridized carbons (Fsp3) is 0.533. The van der Waals surface area contributed by atoms with E-state index in [0.717, 1.165) is 30.9 Å². The Morgan fingerprint density at radius 2 is 2.20 bits per heavy atom. The summed E-state index contributed by atoms with van der Waals surface area (Å²) in [5.41, 5.74) is 0.608. The maximum Gasteiger partial charge on any atom is 0.241 e. The van der Waals surface area contributed by atoms with Crippen LogP contribution < -0.4 is 5.32 Å². The number of carbonyl (C=O) groups is 1. The molecule has 1 saturated heterocycles. The van der Waals surface area contributed by atoms with Crippen molar-refractivity contribution in [3.8, 4) is 0 Å². The number of benzene rings is 1. The quantitative estimate of drug-likeness (QED) is 0.922. The Labute approximate surface area is 122 Å². The van der Waals surface area contributed by atoms with Gasteiger partial charge in [-0.05, 0) is 18.9 Å². The maximum atomic E-state index is 13.8. The molecule has 1 amide bonds. The summed E-state index contributed by atoms with van der Waals surface area (Å²) < 4.78 is 13.8. The van der Waals surface area contributed by atoms with Crippen LogP contribution in [0.15, 0.2) is 24.3 Å². The van der Waals surface area contributed by atoms with Crippen molar-refractivity contribution in [2.75, 3.05) is 18.1 Å². The number of hydrogen-bond donors (Lipinski definition) is 1. The molecular formula is C15H19FN2OS. The van der Waals surface area contributed by atoms with Crippen molar-refractivity contribution in [2.24, 2.45) is 0 Å². The normalized spacial score (nSPS) is 22.6. The van der Waals surface area contributed by atoms with Crippen LogP contribution >= 0.6 is 11.8 Å². The summed E-state index contributed by atoms with van der Waals surface area (Å²) in [4.78, 5) is 14.5. The van der Waals surface area contributed by atoms with Crippen LogP contribution in [0.2, 0.25) is 0 Å². The van der Waals surface area contributed by atoms with Crippen LogP contribution in [-0.4, -0.2) is 40.9 Å². The molecule has 0 aromatic heterocycles. The zero-order valence-corrected chi connectivity index (χ0v) is 12.2. The smallest absolute Gasteiger partial charge is 0.241 e. The lowest BCUT2D eigenvalue weighted by molar-refractivity contribution is -0.134. The summed E-state index contributed by atoms with van der Waals surface area (Å²) in [7, 11) is 0. The number of halogens is 1. The molecular weight excluding hydrogens is 275 g/mol. The molecule has 0 spiro atoms. The molecule has 2 fully saturated rings. The number of amides is 1. The van der Waals surface area contributed by atoms with Crippen LogP contribution in [0.25, 0.3) is 0 Å². The predicted octanol–water partition coefficient (Wildman–Crippen LogP) is 2.02. The van der Waals surface area contributed by atoms with Gasteiger partial charge in [0.25, 0.3) is 0 Å². The van der Waals surface area contributed by atoms with E-state index in [1.54, 1.807) is 23.9 Å². The van der Waals surface area contributed by atoms with Gasteiger partial charge in [-0.1, -0.05) is 18.2 Å². The number of nitrogens with zero attached hydrogens (tertiary/aromatic N) is 1. The van der Waals surface area contributed by atoms with E-state index in [0.29, 0.717) is 18.2 Å². The molecule has 2 aliphatic rings. The van der Waals surface area contributed by atoms with E-state index in [2.05, 4.69) is 5.32 Å². The number of rotatable bonds is 4. The van der Waals surface area contributed by atoms with E-state index in [9.17, 15) is 9.18 Å². The molecule has 1 aliphatic heterocycles. The molecule has 5 heteroatoms. The molecule has 1 aromatic carbocycles. The minimum atomic E-state index is -0.225. The largest absolute Gasteiger partial charge is 0.334 e. The summed E-state index contributed by atoms with van der Waals surface area (Å²) >= 11 is 1.81. The van der Waals surface area contributed by atoms with Crippen LogP contribution in [0.5, 0.6) is 0 Å². The summed E-state index contributed by atoms with van der Waals surface area (Å²) in [6, 6.07) is 6.92. The van der Waals surface area contributed by atoms with E-state index >= 15 is 0 Å². The van der Waals surface area contributed by atoms with E-state index in [1.807, 2.05) is 11.0 Å². The maximum absolute atomic E-state index is 13.8. The SMILES string of the molecule is O=C(C1CSCCN1)N(Cc1ccccc1F)C1CC1. The first-order chi connectivity index (χ1) is 9.75. The van der Waals surface area contributed by atoms with Crippen molar-refractivity contribution < 1.29 is 9.18 Å². The predicted molar refractivity (Wildman–Crippen MR) is 79.1 cm³/mol. The van der Waals surface area contributed by atoms with Gasteiger partial charge >= 0.3 is 0 Å². The first kappa shape index (κ1) is 13.9. The molecule has 20 heavy (non-hydrogen) atoms. The summed E-state index contributed by atoms with van der Waals surface area (Å²) in [5, 5.41) is 3.28. The monoisotopic (exact) mass is 294 g/mol. The van der Waals surface area contributed by atoms with Crippen molar-refractivity contribution in [3.05, 3.63) is 35.6 Å². The third kappa shape index (κ3) is 3.15. The summed E-state index contributed by atoms with van der Waals surface area (Å²) in [6.45, 7) is 1.26. The highest BCUT2D eigenvalue weighted by atomic mass is 32.2. The standard InChI is InChI=1S/C15H19FN2OS/c16-13-4-2-1-3-11(13)9-18(12-5-6-12)15(19)14-10-20-8-7-17-14/h1-4,12,14,17H,5-10H2. The van der Waals surface area contributed by atoms with Gasteiger partial charge in [-0.15, -0.1) is 0 Å². The Morgan fingerprint density at radius 3 is 2.85 bits per heavy atom. The average Bonchev–Trinajstić information content (AvgIpc) is 3.31. The van der Waals surface area contributed by atoms with E-state index in [1.165, 1.54) is 6.07 Å². The first-order valence-corrected chi connectivity index (χ1v) is 8.26. The van der Waals surface area contributed by atoms with Crippen molar-refractivity contribution in [2.45, 2.75) is 31.5 Å². The second-order valence-electron chi connectivity index (χ2n) is 5.37. The highest BCUT2D eigenvalue weighted by molar-refractivity contribution is 7.99. The molecule has 3 nitrogen and oxygen atoms in total. The highest BCUT2D eigenvalue weighted by Crippen LogP contribution is 2.30. The molecule has 1 aromatic rings. The Bertz CT molecular complexity index is 487. The van der Waals surface area contributed by atoms with Crippen LogP contribution in [0, 0.1) is 5.82 Å². The fourth-order valence-corrected chi connectivity index (χ4v) is 3.43. The second kappa shape index (κ2) is 6.14. The van der Waals surface area contributed by atoms with Gasteiger partial charge in [0.05, 0.1) is 6.04 Å². The Balaban J connectivity index is 1.72. The topological polar surface area (TPSA) is 32.3 Å². The zero-order chi connectivity index (χ0) is 13.9. The van der Waals surface area contributed by atoms with Crippen LogP contribution in [0.3, 0.4) is 0 Å². The van der Waals surface area contributed by atoms with Gasteiger partial charge in [0.1, 0.15) is 5.82 Å². The van der Waals surface area contributed by atoms with E-state index in [-0.39, 0.29) is 17.8 Å². The van der Waals surface area contributed by atoms with Gasteiger partial charge in [0, 0.05) is 36.2 Å². The summed E-state index contributed by atoms with van der Waals surface area (Å²) in [5.74, 6) is 1.78. The van der Waals surface area contributed by atoms with Crippen molar-refractivity contribution in [3.63, 3.8) is 0 Å². The van der Waals surface area contributed by atoms with Crippen LogP contribution in [-0.2, 0) is 11.3 Å². The molecule has 0 radical (unpaired) electrons. The average molecular weight is 294 g/mol. The first-order valence-electron chi connectivity index (χ1n) is 7.11. The molecule has 1 N–H and O–H groups in total. The van der Waals surface area contributed by atoms with Gasteiger partial charge in [0.2, 0.25) is 5.91 Å². The molecule has 1 saturated carbocycles. The molecule has 3 rings (SSSR count). The van der Waals surface area contributed by atoms with Gasteiger partial charge < -0.3 is 10.2 Å². The number of thioether (sulfide) groups is 1. The lowest BCUT2D eigenvalue weighted by Crippen LogP contribution is -2.51. The van der Waals surface area contributed by atoms with Gasteiger partial charge in [0.15, 0.2) is 0 Å². The summed E-state index contributed by atoms with van der Waals surface area (Å²) in [6.07, 6.45) is 2.08. The molecule has 108 valence electrons. The fourth-order valence-electron chi connectivity index (χ4n) is 2.51. The number of nitrogens with one attached hydrogen (secondary N) is 1. The van der Waals surface area contributed by atoms with Crippen molar-refractivity contribution in [1.82, 2.24) is 10.2 Å². The van der Waals surface area contributed by atoms with Crippen molar-refractivity contribution in [1.29, 1.82) is 0 Å². The Hall–Kier alpha value is -1.07. The third-order valence-corrected chi connectivity index (χ3v) is 4.85. The highest BCUT2D eigenvalue weighted by Gasteiger charge is 2.36. The lowest BCUT2D eigenvalue weighted by atomic mass is 10.1. The van der Waals surface area contributed by atoms with Gasteiger partial charge in [-0.25, -0.2) is 4.39 Å². The minimum Gasteiger partial charge on any atom is -0.334 e. The molecule has 1 atom stereocenters.